The van der Waals surface area contributed by atoms with Crippen molar-refractivity contribution in [3.05, 3.63) is 83.9 Å². The van der Waals surface area contributed by atoms with Gasteiger partial charge in [-0.25, -0.2) is 0 Å². The first-order chi connectivity index (χ1) is 13.3. The number of hydrogen-bond donors (Lipinski definition) is 0. The van der Waals surface area contributed by atoms with E-state index in [1.807, 2.05) is 54.6 Å². The van der Waals surface area contributed by atoms with Crippen LogP contribution in [0.3, 0.4) is 0 Å². The zero-order chi connectivity index (χ0) is 18.0. The SMILES string of the molecule is Clc1cccc2oc3ccc(-c4cccc5oc6ccccc6c45)cc3c12. The third-order valence-electron chi connectivity index (χ3n) is 5.16. The second kappa shape index (κ2) is 5.38. The number of hydrogen-bond acceptors (Lipinski definition) is 2. The fourth-order valence-corrected chi connectivity index (χ4v) is 4.23. The lowest BCUT2D eigenvalue weighted by atomic mass is 9.98. The molecule has 4 aromatic carbocycles. The van der Waals surface area contributed by atoms with Gasteiger partial charge in [-0.15, -0.1) is 0 Å². The summed E-state index contributed by atoms with van der Waals surface area (Å²) in [5.74, 6) is 0. The van der Waals surface area contributed by atoms with Crippen LogP contribution in [0.1, 0.15) is 0 Å². The molecule has 6 aromatic rings. The maximum atomic E-state index is 6.46. The van der Waals surface area contributed by atoms with Gasteiger partial charge < -0.3 is 8.83 Å². The second-order valence-electron chi connectivity index (χ2n) is 6.70. The zero-order valence-corrected chi connectivity index (χ0v) is 15.0. The maximum Gasteiger partial charge on any atom is 0.136 e. The summed E-state index contributed by atoms with van der Waals surface area (Å²) >= 11 is 6.46. The predicted octanol–water partition coefficient (Wildman–Crippen LogP) is 7.81. The molecule has 27 heavy (non-hydrogen) atoms. The van der Waals surface area contributed by atoms with Crippen molar-refractivity contribution >= 4 is 55.5 Å². The van der Waals surface area contributed by atoms with Crippen molar-refractivity contribution in [2.75, 3.05) is 0 Å². The van der Waals surface area contributed by atoms with Crippen LogP contribution in [0.15, 0.2) is 87.7 Å². The normalized spacial score (nSPS) is 11.9. The average molecular weight is 369 g/mol. The molecule has 0 spiro atoms. The van der Waals surface area contributed by atoms with Crippen LogP contribution in [-0.4, -0.2) is 0 Å². The van der Waals surface area contributed by atoms with E-state index < -0.39 is 0 Å². The molecule has 128 valence electrons. The van der Waals surface area contributed by atoms with E-state index in [9.17, 15) is 0 Å². The van der Waals surface area contributed by atoms with Crippen LogP contribution in [0.5, 0.6) is 0 Å². The Bertz CT molecular complexity index is 1490. The highest BCUT2D eigenvalue weighted by Crippen LogP contribution is 2.40. The molecule has 0 aliphatic heterocycles. The monoisotopic (exact) mass is 368 g/mol. The highest BCUT2D eigenvalue weighted by molar-refractivity contribution is 6.37. The quantitative estimate of drug-likeness (QED) is 0.296. The van der Waals surface area contributed by atoms with Gasteiger partial charge in [-0.1, -0.05) is 54.1 Å². The van der Waals surface area contributed by atoms with Gasteiger partial charge in [0.1, 0.15) is 22.3 Å². The van der Waals surface area contributed by atoms with Crippen molar-refractivity contribution in [1.82, 2.24) is 0 Å². The fourth-order valence-electron chi connectivity index (χ4n) is 3.97. The third kappa shape index (κ3) is 2.08. The van der Waals surface area contributed by atoms with Gasteiger partial charge in [0.15, 0.2) is 0 Å². The molecule has 0 atom stereocenters. The Morgan fingerprint density at radius 1 is 0.556 bits per heavy atom. The first kappa shape index (κ1) is 14.9. The van der Waals surface area contributed by atoms with Crippen molar-refractivity contribution in [2.45, 2.75) is 0 Å². The molecule has 6 rings (SSSR count). The molecule has 2 nitrogen and oxygen atoms in total. The van der Waals surface area contributed by atoms with Crippen molar-refractivity contribution in [3.63, 3.8) is 0 Å². The van der Waals surface area contributed by atoms with Crippen LogP contribution >= 0.6 is 11.6 Å². The molecular formula is C24H13ClO2. The van der Waals surface area contributed by atoms with Gasteiger partial charge in [-0.3, -0.25) is 0 Å². The molecule has 0 amide bonds. The smallest absolute Gasteiger partial charge is 0.136 e. The van der Waals surface area contributed by atoms with Crippen molar-refractivity contribution in [2.24, 2.45) is 0 Å². The van der Waals surface area contributed by atoms with Crippen LogP contribution in [0.2, 0.25) is 5.02 Å². The highest BCUT2D eigenvalue weighted by Gasteiger charge is 2.15. The molecule has 0 saturated heterocycles. The van der Waals surface area contributed by atoms with Gasteiger partial charge in [-0.05, 0) is 47.5 Å². The zero-order valence-electron chi connectivity index (χ0n) is 14.2. The summed E-state index contributed by atoms with van der Waals surface area (Å²) in [6.07, 6.45) is 0. The molecule has 0 N–H and O–H groups in total. The summed E-state index contributed by atoms with van der Waals surface area (Å²) in [6, 6.07) is 26.4. The van der Waals surface area contributed by atoms with E-state index in [0.717, 1.165) is 55.0 Å². The first-order valence-electron chi connectivity index (χ1n) is 8.81. The summed E-state index contributed by atoms with van der Waals surface area (Å²) in [5, 5.41) is 4.94. The van der Waals surface area contributed by atoms with E-state index in [0.29, 0.717) is 5.02 Å². The van der Waals surface area contributed by atoms with Crippen LogP contribution in [0.25, 0.3) is 55.0 Å². The summed E-state index contributed by atoms with van der Waals surface area (Å²) < 4.78 is 12.0. The summed E-state index contributed by atoms with van der Waals surface area (Å²) in [4.78, 5) is 0. The molecule has 0 fully saturated rings. The van der Waals surface area contributed by atoms with E-state index in [1.54, 1.807) is 0 Å². The lowest BCUT2D eigenvalue weighted by molar-refractivity contribution is 0.669. The lowest BCUT2D eigenvalue weighted by Crippen LogP contribution is -1.80. The van der Waals surface area contributed by atoms with Crippen molar-refractivity contribution < 1.29 is 8.83 Å². The average Bonchev–Trinajstić information content (AvgIpc) is 3.26. The summed E-state index contributed by atoms with van der Waals surface area (Å²) in [6.45, 7) is 0. The van der Waals surface area contributed by atoms with E-state index in [-0.39, 0.29) is 0 Å². The number of halogens is 1. The number of fused-ring (bicyclic) bond motifs is 6. The fraction of sp³-hybridized carbons (Fsp3) is 0. The minimum atomic E-state index is 0.704. The number of para-hydroxylation sites is 1. The van der Waals surface area contributed by atoms with Crippen molar-refractivity contribution in [3.8, 4) is 11.1 Å². The van der Waals surface area contributed by atoms with E-state index in [1.165, 1.54) is 0 Å². The Balaban J connectivity index is 1.72. The van der Waals surface area contributed by atoms with Gasteiger partial charge in [0.25, 0.3) is 0 Å². The Labute approximate surface area is 159 Å². The Kier molecular flexibility index (Phi) is 2.97. The van der Waals surface area contributed by atoms with E-state index in [4.69, 9.17) is 20.4 Å². The molecular weight excluding hydrogens is 356 g/mol. The number of rotatable bonds is 1. The number of benzene rings is 4. The van der Waals surface area contributed by atoms with Crippen molar-refractivity contribution in [1.29, 1.82) is 0 Å². The van der Waals surface area contributed by atoms with Crippen LogP contribution in [0.4, 0.5) is 0 Å². The van der Waals surface area contributed by atoms with Gasteiger partial charge in [0.2, 0.25) is 0 Å². The molecule has 0 aliphatic rings. The standard InChI is InChI=1S/C24H13ClO2/c25-18-7-4-10-22-24(18)17-13-14(11-12-20(17)27-22)15-6-3-9-21-23(15)16-5-1-2-8-19(16)26-21/h1-13H. The molecule has 0 aliphatic carbocycles. The van der Waals surface area contributed by atoms with Gasteiger partial charge >= 0.3 is 0 Å². The van der Waals surface area contributed by atoms with E-state index in [2.05, 4.69) is 24.3 Å². The third-order valence-corrected chi connectivity index (χ3v) is 5.47. The predicted molar refractivity (Wildman–Crippen MR) is 111 cm³/mol. The second-order valence-corrected chi connectivity index (χ2v) is 7.11. The molecule has 0 unspecified atom stereocenters. The lowest BCUT2D eigenvalue weighted by Gasteiger charge is -2.04. The molecule has 0 radical (unpaired) electrons. The molecule has 0 bridgehead atoms. The molecule has 2 heterocycles. The minimum Gasteiger partial charge on any atom is -0.456 e. The summed E-state index contributed by atoms with van der Waals surface area (Å²) in [7, 11) is 0. The Hall–Kier alpha value is -3.23. The van der Waals surface area contributed by atoms with Gasteiger partial charge in [0, 0.05) is 21.5 Å². The molecule has 3 heteroatoms. The summed E-state index contributed by atoms with van der Waals surface area (Å²) in [5.41, 5.74) is 5.69. The highest BCUT2D eigenvalue weighted by atomic mass is 35.5. The maximum absolute atomic E-state index is 6.46. The van der Waals surface area contributed by atoms with E-state index >= 15 is 0 Å². The Morgan fingerprint density at radius 2 is 1.26 bits per heavy atom. The van der Waals surface area contributed by atoms with Crippen LogP contribution in [-0.2, 0) is 0 Å². The number of furan rings is 2. The minimum absolute atomic E-state index is 0.704. The van der Waals surface area contributed by atoms with Gasteiger partial charge in [0.05, 0.1) is 5.02 Å². The van der Waals surface area contributed by atoms with Crippen LogP contribution < -0.4 is 0 Å². The topological polar surface area (TPSA) is 26.3 Å². The molecule has 0 saturated carbocycles. The van der Waals surface area contributed by atoms with Gasteiger partial charge in [-0.2, -0.15) is 0 Å². The largest absolute Gasteiger partial charge is 0.456 e. The first-order valence-corrected chi connectivity index (χ1v) is 9.19. The van der Waals surface area contributed by atoms with Crippen LogP contribution in [0, 0.1) is 0 Å². The Morgan fingerprint density at radius 3 is 2.15 bits per heavy atom. The molecule has 2 aromatic heterocycles.